The number of ether oxygens (including phenoxy) is 2. The molecular formula is C23H26N2O7. The van der Waals surface area contributed by atoms with Crippen molar-refractivity contribution >= 4 is 17.5 Å². The van der Waals surface area contributed by atoms with Crippen molar-refractivity contribution in [2.75, 3.05) is 34.4 Å². The van der Waals surface area contributed by atoms with Crippen molar-refractivity contribution in [3.8, 4) is 17.2 Å². The highest BCUT2D eigenvalue weighted by Crippen LogP contribution is 2.47. The summed E-state index contributed by atoms with van der Waals surface area (Å²) in [6.45, 7) is 0.632. The zero-order valence-electron chi connectivity index (χ0n) is 18.1. The Morgan fingerprint density at radius 3 is 2.47 bits per heavy atom. The summed E-state index contributed by atoms with van der Waals surface area (Å²) < 4.78 is 10.8. The first kappa shape index (κ1) is 23.2. The Kier molecular flexibility index (Phi) is 7.12. The normalized spacial score (nSPS) is 18.8. The molecule has 0 aliphatic carbocycles. The van der Waals surface area contributed by atoms with Gasteiger partial charge >= 0.3 is 0 Å². The number of carbonyl (C=O) groups excluding carboxylic acids is 1. The summed E-state index contributed by atoms with van der Waals surface area (Å²) in [4.78, 5) is 25.3. The van der Waals surface area contributed by atoms with E-state index in [0.717, 1.165) is 6.54 Å². The molecule has 0 bridgehead atoms. The molecule has 1 saturated heterocycles. The van der Waals surface area contributed by atoms with Crippen LogP contribution in [0.15, 0.2) is 36.4 Å². The van der Waals surface area contributed by atoms with E-state index in [9.17, 15) is 25.1 Å². The smallest absolute Gasteiger partial charge is 0.269 e. The maximum absolute atomic E-state index is 13.0. The molecule has 1 aliphatic rings. The zero-order valence-corrected chi connectivity index (χ0v) is 18.1. The van der Waals surface area contributed by atoms with Crippen LogP contribution in [0.25, 0.3) is 6.08 Å². The average molecular weight is 442 g/mol. The molecule has 1 fully saturated rings. The quantitative estimate of drug-likeness (QED) is 0.277. The standard InChI is InChI=1S/C23H26N2O7/c1-24-11-10-16(17(24)13-26)21-19(31-2)12-20(32-3)22(23(21)28)18(27)9-6-14-4-7-15(8-5-14)25(29)30/h4-9,12,16-17,26,28H,10-11,13H2,1-3H3/b9-6+. The molecule has 0 spiro atoms. The summed E-state index contributed by atoms with van der Waals surface area (Å²) in [6.07, 6.45) is 3.47. The van der Waals surface area contributed by atoms with Gasteiger partial charge in [0, 0.05) is 35.7 Å². The van der Waals surface area contributed by atoms with E-state index in [-0.39, 0.29) is 41.3 Å². The molecule has 170 valence electrons. The summed E-state index contributed by atoms with van der Waals surface area (Å²) in [5.41, 5.74) is 0.998. The van der Waals surface area contributed by atoms with Crippen LogP contribution in [0, 0.1) is 10.1 Å². The molecule has 2 aromatic carbocycles. The van der Waals surface area contributed by atoms with Crippen LogP contribution in [0.1, 0.15) is 33.8 Å². The highest BCUT2D eigenvalue weighted by Gasteiger charge is 2.37. The van der Waals surface area contributed by atoms with E-state index in [0.29, 0.717) is 23.3 Å². The number of nitrogens with zero attached hydrogens (tertiary/aromatic N) is 2. The molecule has 9 heteroatoms. The fourth-order valence-corrected chi connectivity index (χ4v) is 4.14. The number of hydrogen-bond acceptors (Lipinski definition) is 8. The Balaban J connectivity index is 2.01. The number of phenolic OH excluding ortho intramolecular Hbond substituents is 1. The molecule has 3 rings (SSSR count). The van der Waals surface area contributed by atoms with Crippen molar-refractivity contribution < 1.29 is 29.4 Å². The van der Waals surface area contributed by atoms with Gasteiger partial charge in [-0.05, 0) is 43.8 Å². The van der Waals surface area contributed by atoms with Gasteiger partial charge in [0.15, 0.2) is 5.78 Å². The van der Waals surface area contributed by atoms with Crippen LogP contribution < -0.4 is 9.47 Å². The number of nitro benzene ring substituents is 1. The third-order valence-corrected chi connectivity index (χ3v) is 5.86. The SMILES string of the molecule is COc1cc(OC)c(C2CCN(C)C2CO)c(O)c1C(=O)/C=C/c1ccc([N+](=O)[O-])cc1. The van der Waals surface area contributed by atoms with E-state index in [4.69, 9.17) is 9.47 Å². The Labute approximate surface area is 185 Å². The zero-order chi connectivity index (χ0) is 23.4. The summed E-state index contributed by atoms with van der Waals surface area (Å²) >= 11 is 0. The first-order valence-corrected chi connectivity index (χ1v) is 10.1. The minimum absolute atomic E-state index is 0.00676. The first-order chi connectivity index (χ1) is 15.3. The molecule has 2 N–H and O–H groups in total. The molecule has 2 unspecified atom stereocenters. The lowest BCUT2D eigenvalue weighted by Crippen LogP contribution is -2.32. The Morgan fingerprint density at radius 2 is 1.91 bits per heavy atom. The van der Waals surface area contributed by atoms with E-state index >= 15 is 0 Å². The van der Waals surface area contributed by atoms with E-state index in [1.807, 2.05) is 11.9 Å². The van der Waals surface area contributed by atoms with Gasteiger partial charge in [-0.25, -0.2) is 0 Å². The van der Waals surface area contributed by atoms with Gasteiger partial charge in [0.2, 0.25) is 0 Å². The second-order valence-electron chi connectivity index (χ2n) is 7.59. The number of nitro groups is 1. The van der Waals surface area contributed by atoms with Crippen LogP contribution >= 0.6 is 0 Å². The first-order valence-electron chi connectivity index (χ1n) is 10.1. The predicted octanol–water partition coefficient (Wildman–Crippen LogP) is 2.99. The van der Waals surface area contributed by atoms with Gasteiger partial charge in [-0.1, -0.05) is 6.08 Å². The second-order valence-corrected chi connectivity index (χ2v) is 7.59. The molecule has 9 nitrogen and oxygen atoms in total. The van der Waals surface area contributed by atoms with Crippen LogP contribution in [-0.4, -0.2) is 66.3 Å². The third kappa shape index (κ3) is 4.44. The fraction of sp³-hybridized carbons (Fsp3) is 0.348. The number of ketones is 1. The number of allylic oxidation sites excluding steroid dienone is 1. The van der Waals surface area contributed by atoms with Gasteiger partial charge in [-0.2, -0.15) is 0 Å². The number of benzene rings is 2. The number of hydrogen-bond donors (Lipinski definition) is 2. The average Bonchev–Trinajstić information content (AvgIpc) is 3.16. The Morgan fingerprint density at radius 1 is 1.25 bits per heavy atom. The molecule has 1 aliphatic heterocycles. The summed E-state index contributed by atoms with van der Waals surface area (Å²) in [7, 11) is 4.76. The van der Waals surface area contributed by atoms with E-state index in [2.05, 4.69) is 0 Å². The number of phenols is 1. The van der Waals surface area contributed by atoms with E-state index in [1.54, 1.807) is 6.07 Å². The Hall–Kier alpha value is -3.43. The molecule has 2 aromatic rings. The highest BCUT2D eigenvalue weighted by molar-refractivity contribution is 6.11. The highest BCUT2D eigenvalue weighted by atomic mass is 16.6. The number of likely N-dealkylation sites (N-methyl/N-ethyl adjacent to an activating group) is 1. The molecule has 0 radical (unpaired) electrons. The number of likely N-dealkylation sites (tertiary alicyclic amines) is 1. The van der Waals surface area contributed by atoms with Crippen molar-refractivity contribution in [3.63, 3.8) is 0 Å². The number of carbonyl (C=O) groups is 1. The number of methoxy groups -OCH3 is 2. The molecular weight excluding hydrogens is 416 g/mol. The predicted molar refractivity (Wildman–Crippen MR) is 119 cm³/mol. The molecule has 32 heavy (non-hydrogen) atoms. The van der Waals surface area contributed by atoms with Crippen molar-refractivity contribution in [2.24, 2.45) is 0 Å². The van der Waals surface area contributed by atoms with Gasteiger partial charge in [-0.15, -0.1) is 0 Å². The van der Waals surface area contributed by atoms with Crippen LogP contribution in [0.2, 0.25) is 0 Å². The van der Waals surface area contributed by atoms with Crippen LogP contribution in [0.4, 0.5) is 5.69 Å². The fourth-order valence-electron chi connectivity index (χ4n) is 4.14. The van der Waals surface area contributed by atoms with Crippen LogP contribution in [0.3, 0.4) is 0 Å². The van der Waals surface area contributed by atoms with Gasteiger partial charge in [0.1, 0.15) is 22.8 Å². The monoisotopic (exact) mass is 442 g/mol. The lowest BCUT2D eigenvalue weighted by Gasteiger charge is -2.26. The number of aromatic hydroxyl groups is 1. The summed E-state index contributed by atoms with van der Waals surface area (Å²) in [5.74, 6) is -0.412. The Bertz CT molecular complexity index is 1030. The van der Waals surface area contributed by atoms with Gasteiger partial charge in [0.25, 0.3) is 5.69 Å². The topological polar surface area (TPSA) is 122 Å². The molecule has 0 saturated carbocycles. The summed E-state index contributed by atoms with van der Waals surface area (Å²) in [5, 5.41) is 31.8. The van der Waals surface area contributed by atoms with Crippen molar-refractivity contribution in [1.82, 2.24) is 4.90 Å². The number of rotatable bonds is 8. The van der Waals surface area contributed by atoms with E-state index < -0.39 is 10.7 Å². The van der Waals surface area contributed by atoms with Crippen LogP contribution in [0.5, 0.6) is 17.2 Å². The minimum atomic E-state index is -0.499. The molecule has 2 atom stereocenters. The molecule has 0 amide bonds. The van der Waals surface area contributed by atoms with Gasteiger partial charge in [0.05, 0.1) is 25.7 Å². The number of non-ortho nitro benzene ring substituents is 1. The maximum Gasteiger partial charge on any atom is 0.269 e. The minimum Gasteiger partial charge on any atom is -0.507 e. The number of aliphatic hydroxyl groups is 1. The summed E-state index contributed by atoms with van der Waals surface area (Å²) in [6, 6.07) is 7.09. The van der Waals surface area contributed by atoms with E-state index in [1.165, 1.54) is 50.6 Å². The van der Waals surface area contributed by atoms with Crippen molar-refractivity contribution in [2.45, 2.75) is 18.4 Å². The van der Waals surface area contributed by atoms with Gasteiger partial charge in [-0.3, -0.25) is 14.9 Å². The largest absolute Gasteiger partial charge is 0.507 e. The maximum atomic E-state index is 13.0. The van der Waals surface area contributed by atoms with Gasteiger partial charge < -0.3 is 24.6 Å². The molecule has 0 aromatic heterocycles. The van der Waals surface area contributed by atoms with Crippen LogP contribution in [-0.2, 0) is 0 Å². The van der Waals surface area contributed by atoms with Crippen molar-refractivity contribution in [3.05, 3.63) is 63.2 Å². The second kappa shape index (κ2) is 9.80. The molecule has 1 heterocycles. The lowest BCUT2D eigenvalue weighted by atomic mass is 9.87. The third-order valence-electron chi connectivity index (χ3n) is 5.86. The lowest BCUT2D eigenvalue weighted by molar-refractivity contribution is -0.384. The van der Waals surface area contributed by atoms with Crippen molar-refractivity contribution in [1.29, 1.82) is 0 Å². The number of aliphatic hydroxyl groups excluding tert-OH is 1.